The molecular formula is C12H10N4. The average molecular weight is 210 g/mol. The van der Waals surface area contributed by atoms with Crippen molar-refractivity contribution >= 4 is 11.0 Å². The molecule has 0 saturated heterocycles. The maximum Gasteiger partial charge on any atom is 0.0890 e. The van der Waals surface area contributed by atoms with Crippen LogP contribution in [0.3, 0.4) is 0 Å². The number of aromatic amines is 1. The molecule has 0 bridgehead atoms. The third kappa shape index (κ3) is 1.65. The number of fused-ring (bicyclic) bond motifs is 1. The van der Waals surface area contributed by atoms with E-state index >= 15 is 0 Å². The number of hydrogen-bond acceptors (Lipinski definition) is 3. The van der Waals surface area contributed by atoms with Gasteiger partial charge in [0.15, 0.2) is 0 Å². The zero-order chi connectivity index (χ0) is 10.8. The third-order valence-electron chi connectivity index (χ3n) is 2.43. The summed E-state index contributed by atoms with van der Waals surface area (Å²) in [5.74, 6) is 0. The predicted molar refractivity (Wildman–Crippen MR) is 60.9 cm³/mol. The Hall–Kier alpha value is -2.23. The van der Waals surface area contributed by atoms with E-state index in [1.165, 1.54) is 0 Å². The van der Waals surface area contributed by atoms with Gasteiger partial charge in [-0.3, -0.25) is 10.1 Å². The Morgan fingerprint density at radius 2 is 1.94 bits per heavy atom. The fraction of sp³-hybridized carbons (Fsp3) is 0.0833. The molecule has 0 amide bonds. The highest BCUT2D eigenvalue weighted by molar-refractivity contribution is 5.73. The molecule has 4 heteroatoms. The highest BCUT2D eigenvalue weighted by Gasteiger charge is 2.01. The summed E-state index contributed by atoms with van der Waals surface area (Å²) in [4.78, 5) is 8.90. The molecule has 0 fully saturated rings. The van der Waals surface area contributed by atoms with Gasteiger partial charge in [0.2, 0.25) is 0 Å². The van der Waals surface area contributed by atoms with Gasteiger partial charge in [-0.05, 0) is 18.2 Å². The van der Waals surface area contributed by atoms with Gasteiger partial charge in [0.1, 0.15) is 0 Å². The van der Waals surface area contributed by atoms with Crippen LogP contribution >= 0.6 is 0 Å². The van der Waals surface area contributed by atoms with Crippen LogP contribution in [-0.2, 0) is 6.42 Å². The van der Waals surface area contributed by atoms with E-state index < -0.39 is 0 Å². The maximum absolute atomic E-state index is 4.54. The Morgan fingerprint density at radius 1 is 1.06 bits per heavy atom. The van der Waals surface area contributed by atoms with Crippen molar-refractivity contribution in [3.8, 4) is 0 Å². The smallest absolute Gasteiger partial charge is 0.0890 e. The van der Waals surface area contributed by atoms with Crippen molar-refractivity contribution in [1.29, 1.82) is 0 Å². The summed E-state index contributed by atoms with van der Waals surface area (Å²) in [5.41, 5.74) is 3.85. The number of benzene rings is 1. The van der Waals surface area contributed by atoms with Gasteiger partial charge >= 0.3 is 0 Å². The van der Waals surface area contributed by atoms with Crippen molar-refractivity contribution in [2.24, 2.45) is 0 Å². The lowest BCUT2D eigenvalue weighted by Crippen LogP contribution is -1.95. The van der Waals surface area contributed by atoms with Crippen LogP contribution in [0.4, 0.5) is 0 Å². The lowest BCUT2D eigenvalue weighted by atomic mass is 10.2. The molecule has 16 heavy (non-hydrogen) atoms. The van der Waals surface area contributed by atoms with E-state index in [1.807, 2.05) is 36.5 Å². The van der Waals surface area contributed by atoms with E-state index in [2.05, 4.69) is 20.2 Å². The van der Waals surface area contributed by atoms with Crippen LogP contribution in [0.15, 0.2) is 42.7 Å². The first-order valence-corrected chi connectivity index (χ1v) is 5.11. The van der Waals surface area contributed by atoms with Crippen LogP contribution < -0.4 is 0 Å². The first-order valence-electron chi connectivity index (χ1n) is 5.11. The fourth-order valence-corrected chi connectivity index (χ4v) is 1.66. The van der Waals surface area contributed by atoms with Gasteiger partial charge in [-0.15, -0.1) is 0 Å². The van der Waals surface area contributed by atoms with Gasteiger partial charge < -0.3 is 0 Å². The molecule has 1 N–H and O–H groups in total. The highest BCUT2D eigenvalue weighted by atomic mass is 15.1. The molecule has 0 spiro atoms. The highest BCUT2D eigenvalue weighted by Crippen LogP contribution is 2.10. The summed E-state index contributed by atoms with van der Waals surface area (Å²) < 4.78 is 0. The molecule has 2 aromatic heterocycles. The molecule has 2 heterocycles. The van der Waals surface area contributed by atoms with Crippen LogP contribution in [-0.4, -0.2) is 20.2 Å². The number of nitrogens with zero attached hydrogens (tertiary/aromatic N) is 3. The molecule has 0 aliphatic carbocycles. The number of aromatic nitrogens is 4. The van der Waals surface area contributed by atoms with Crippen molar-refractivity contribution < 1.29 is 0 Å². The SMILES string of the molecule is c1ccc2nc(Cc3ccn[nH]3)cnc2c1. The normalized spacial score (nSPS) is 10.8. The van der Waals surface area contributed by atoms with Crippen LogP contribution in [0, 0.1) is 0 Å². The first-order chi connectivity index (χ1) is 7.92. The number of nitrogens with one attached hydrogen (secondary N) is 1. The van der Waals surface area contributed by atoms with Gasteiger partial charge in [-0.25, -0.2) is 4.98 Å². The van der Waals surface area contributed by atoms with E-state index in [9.17, 15) is 0 Å². The first kappa shape index (κ1) is 9.03. The molecule has 0 aliphatic rings. The summed E-state index contributed by atoms with van der Waals surface area (Å²) in [6.07, 6.45) is 4.28. The van der Waals surface area contributed by atoms with E-state index in [0.29, 0.717) is 0 Å². The molecule has 0 atom stereocenters. The van der Waals surface area contributed by atoms with Crippen molar-refractivity contribution in [3.63, 3.8) is 0 Å². The maximum atomic E-state index is 4.54. The molecule has 0 unspecified atom stereocenters. The van der Waals surface area contributed by atoms with Crippen LogP contribution in [0.1, 0.15) is 11.4 Å². The molecule has 0 aliphatic heterocycles. The average Bonchev–Trinajstić information content (AvgIpc) is 2.82. The molecular weight excluding hydrogens is 200 g/mol. The second kappa shape index (κ2) is 3.73. The topological polar surface area (TPSA) is 54.5 Å². The molecule has 78 valence electrons. The third-order valence-corrected chi connectivity index (χ3v) is 2.43. The molecule has 3 rings (SSSR count). The molecule has 3 aromatic rings. The Bertz CT molecular complexity index is 601. The summed E-state index contributed by atoms with van der Waals surface area (Å²) in [6, 6.07) is 9.81. The predicted octanol–water partition coefficient (Wildman–Crippen LogP) is 1.94. The van der Waals surface area contributed by atoms with E-state index in [-0.39, 0.29) is 0 Å². The summed E-state index contributed by atoms with van der Waals surface area (Å²) in [7, 11) is 0. The largest absolute Gasteiger partial charge is 0.282 e. The molecule has 0 radical (unpaired) electrons. The standard InChI is InChI=1S/C12H10N4/c1-2-4-12-11(3-1)13-8-10(15-12)7-9-5-6-14-16-9/h1-6,8H,7H2,(H,14,16). The quantitative estimate of drug-likeness (QED) is 0.703. The number of H-pyrrole nitrogens is 1. The lowest BCUT2D eigenvalue weighted by Gasteiger charge is -2.00. The zero-order valence-electron chi connectivity index (χ0n) is 8.59. The summed E-state index contributed by atoms with van der Waals surface area (Å²) in [5, 5.41) is 6.82. The van der Waals surface area contributed by atoms with Crippen molar-refractivity contribution in [3.05, 3.63) is 54.1 Å². The van der Waals surface area contributed by atoms with E-state index in [1.54, 1.807) is 6.20 Å². The Balaban J connectivity index is 1.99. The molecule has 0 saturated carbocycles. The van der Waals surface area contributed by atoms with Crippen molar-refractivity contribution in [2.75, 3.05) is 0 Å². The van der Waals surface area contributed by atoms with Crippen LogP contribution in [0.5, 0.6) is 0 Å². The fourth-order valence-electron chi connectivity index (χ4n) is 1.66. The van der Waals surface area contributed by atoms with E-state index in [0.717, 1.165) is 28.8 Å². The summed E-state index contributed by atoms with van der Waals surface area (Å²) >= 11 is 0. The van der Waals surface area contributed by atoms with Crippen molar-refractivity contribution in [2.45, 2.75) is 6.42 Å². The van der Waals surface area contributed by atoms with Crippen molar-refractivity contribution in [1.82, 2.24) is 20.2 Å². The Morgan fingerprint density at radius 3 is 2.75 bits per heavy atom. The minimum absolute atomic E-state index is 0.734. The molecule has 1 aromatic carbocycles. The van der Waals surface area contributed by atoms with Gasteiger partial charge in [0.05, 0.1) is 16.7 Å². The van der Waals surface area contributed by atoms with Crippen LogP contribution in [0.25, 0.3) is 11.0 Å². The van der Waals surface area contributed by atoms with Gasteiger partial charge in [-0.1, -0.05) is 12.1 Å². The second-order valence-electron chi connectivity index (χ2n) is 3.61. The zero-order valence-corrected chi connectivity index (χ0v) is 8.59. The number of hydrogen-bond donors (Lipinski definition) is 1. The summed E-state index contributed by atoms with van der Waals surface area (Å²) in [6.45, 7) is 0. The number of rotatable bonds is 2. The Kier molecular flexibility index (Phi) is 2.11. The van der Waals surface area contributed by atoms with Crippen LogP contribution in [0.2, 0.25) is 0 Å². The second-order valence-corrected chi connectivity index (χ2v) is 3.61. The van der Waals surface area contributed by atoms with E-state index in [4.69, 9.17) is 0 Å². The minimum atomic E-state index is 0.734. The number of para-hydroxylation sites is 2. The molecule has 4 nitrogen and oxygen atoms in total. The van der Waals surface area contributed by atoms with Gasteiger partial charge in [-0.2, -0.15) is 5.10 Å². The van der Waals surface area contributed by atoms with Gasteiger partial charge in [0, 0.05) is 24.5 Å². The monoisotopic (exact) mass is 210 g/mol. The Labute approximate surface area is 92.4 Å². The lowest BCUT2D eigenvalue weighted by molar-refractivity contribution is 0.966. The minimum Gasteiger partial charge on any atom is -0.282 e. The van der Waals surface area contributed by atoms with Gasteiger partial charge in [0.25, 0.3) is 0 Å².